The van der Waals surface area contributed by atoms with Gasteiger partial charge in [0.15, 0.2) is 0 Å². The van der Waals surface area contributed by atoms with Gasteiger partial charge in [-0.3, -0.25) is 14.4 Å². The molecule has 1 aromatic heterocycles. The van der Waals surface area contributed by atoms with E-state index in [-0.39, 0.29) is 12.9 Å². The smallest absolute Gasteiger partial charge is 0.321 e. The number of rotatable bonds is 9. The van der Waals surface area contributed by atoms with Crippen LogP contribution >= 0.6 is 33.3 Å². The van der Waals surface area contributed by atoms with Crippen LogP contribution in [0.25, 0.3) is 0 Å². The van der Waals surface area contributed by atoms with E-state index in [0.717, 1.165) is 23.0 Å². The minimum absolute atomic E-state index is 0.0904. The van der Waals surface area contributed by atoms with Crippen molar-refractivity contribution in [2.75, 3.05) is 11.5 Å². The number of thioether (sulfide) groups is 1. The Balaban J connectivity index is 1.60. The zero-order valence-corrected chi connectivity index (χ0v) is 14.0. The first-order chi connectivity index (χ1) is 10.7. The van der Waals surface area contributed by atoms with E-state index in [1.54, 1.807) is 27.8 Å². The maximum atomic E-state index is 11.8. The van der Waals surface area contributed by atoms with Crippen LogP contribution in [0.2, 0.25) is 0 Å². The second kappa shape index (κ2) is 9.06. The second-order valence-corrected chi connectivity index (χ2v) is 7.96. The van der Waals surface area contributed by atoms with Gasteiger partial charge in [-0.25, -0.2) is 4.98 Å². The fraction of sp³-hybridized carbons (Fsp3) is 0.385. The first kappa shape index (κ1) is 17.2. The van der Waals surface area contributed by atoms with Gasteiger partial charge in [-0.05, 0) is 35.1 Å². The molecule has 0 radical (unpaired) electrons. The molecule has 1 unspecified atom stereocenters. The van der Waals surface area contributed by atoms with Gasteiger partial charge in [0.1, 0.15) is 5.03 Å². The van der Waals surface area contributed by atoms with E-state index < -0.39 is 17.1 Å². The molecule has 0 spiro atoms. The number of carbonyl (C=O) groups excluding carboxylic acids is 3. The molecule has 0 saturated carbocycles. The molecular weight excluding hydrogens is 344 g/mol. The quantitative estimate of drug-likeness (QED) is 0.288. The van der Waals surface area contributed by atoms with Gasteiger partial charge in [0.25, 0.3) is 11.8 Å². The summed E-state index contributed by atoms with van der Waals surface area (Å²) in [6.07, 6.45) is 2.77. The molecule has 1 aliphatic heterocycles. The van der Waals surface area contributed by atoms with Crippen LogP contribution in [0, 0.1) is 0 Å². The van der Waals surface area contributed by atoms with Crippen molar-refractivity contribution >= 4 is 51.6 Å². The van der Waals surface area contributed by atoms with E-state index in [1.807, 2.05) is 18.2 Å². The highest BCUT2D eigenvalue weighted by Crippen LogP contribution is 2.31. The standard InChI is InChI=1S/C13H14N2O4S3/c16-9-19-15-12(17)8-10(13(15)18)20-6-3-7-21-22-11-4-1-2-5-14-11/h1-2,4-5,9-10H,3,6-8H2. The lowest BCUT2D eigenvalue weighted by Crippen LogP contribution is -2.31. The molecule has 0 N–H and O–H groups in total. The Bertz CT molecular complexity index is 529. The van der Waals surface area contributed by atoms with Crippen LogP contribution in [-0.4, -0.2) is 45.1 Å². The van der Waals surface area contributed by atoms with Crippen LogP contribution < -0.4 is 0 Å². The monoisotopic (exact) mass is 358 g/mol. The first-order valence-corrected chi connectivity index (χ1v) is 9.88. The minimum atomic E-state index is -0.463. The van der Waals surface area contributed by atoms with Crippen molar-refractivity contribution in [3.8, 4) is 0 Å². The molecule has 2 heterocycles. The van der Waals surface area contributed by atoms with Crippen molar-refractivity contribution in [2.24, 2.45) is 0 Å². The van der Waals surface area contributed by atoms with Crippen LogP contribution in [0.4, 0.5) is 0 Å². The second-order valence-electron chi connectivity index (χ2n) is 4.22. The average Bonchev–Trinajstić information content (AvgIpc) is 2.80. The normalized spacial score (nSPS) is 17.8. The zero-order chi connectivity index (χ0) is 15.8. The highest BCUT2D eigenvalue weighted by atomic mass is 33.1. The Morgan fingerprint density at radius 2 is 2.23 bits per heavy atom. The zero-order valence-electron chi connectivity index (χ0n) is 11.5. The lowest BCUT2D eigenvalue weighted by Gasteiger charge is -2.10. The summed E-state index contributed by atoms with van der Waals surface area (Å²) >= 11 is 1.43. The van der Waals surface area contributed by atoms with Crippen molar-refractivity contribution in [3.63, 3.8) is 0 Å². The van der Waals surface area contributed by atoms with Crippen molar-refractivity contribution in [2.45, 2.75) is 23.1 Å². The number of aromatic nitrogens is 1. The summed E-state index contributed by atoms with van der Waals surface area (Å²) in [5.74, 6) is 0.791. The van der Waals surface area contributed by atoms with Crippen LogP contribution in [0.15, 0.2) is 29.4 Å². The van der Waals surface area contributed by atoms with Crippen molar-refractivity contribution < 1.29 is 19.2 Å². The number of amides is 2. The molecule has 0 bridgehead atoms. The Morgan fingerprint density at radius 1 is 1.36 bits per heavy atom. The highest BCUT2D eigenvalue weighted by molar-refractivity contribution is 8.76. The Labute approximate surface area is 140 Å². The predicted octanol–water partition coefficient (Wildman–Crippen LogP) is 2.16. The fourth-order valence-electron chi connectivity index (χ4n) is 1.71. The van der Waals surface area contributed by atoms with Gasteiger partial charge >= 0.3 is 6.47 Å². The van der Waals surface area contributed by atoms with Gasteiger partial charge in [0.2, 0.25) is 0 Å². The molecule has 1 saturated heterocycles. The number of imide groups is 1. The van der Waals surface area contributed by atoms with E-state index >= 15 is 0 Å². The Morgan fingerprint density at radius 3 is 2.95 bits per heavy atom. The molecular formula is C13H14N2O4S3. The molecule has 1 fully saturated rings. The molecule has 0 aliphatic carbocycles. The SMILES string of the molecule is O=CON1C(=O)CC(SCCCSSc2ccccn2)C1=O. The largest absolute Gasteiger partial charge is 0.334 e. The third-order valence-corrected chi connectivity index (χ3v) is 6.33. The van der Waals surface area contributed by atoms with Crippen molar-refractivity contribution in [1.29, 1.82) is 0 Å². The van der Waals surface area contributed by atoms with E-state index in [0.29, 0.717) is 5.06 Å². The minimum Gasteiger partial charge on any atom is -0.334 e. The average molecular weight is 358 g/mol. The number of hydrogen-bond donors (Lipinski definition) is 0. The van der Waals surface area contributed by atoms with E-state index in [9.17, 15) is 14.4 Å². The molecule has 0 aromatic carbocycles. The van der Waals surface area contributed by atoms with Crippen molar-refractivity contribution in [1.82, 2.24) is 10.0 Å². The van der Waals surface area contributed by atoms with Gasteiger partial charge < -0.3 is 4.84 Å². The van der Waals surface area contributed by atoms with E-state index in [4.69, 9.17) is 0 Å². The van der Waals surface area contributed by atoms with Gasteiger partial charge in [0, 0.05) is 11.9 Å². The van der Waals surface area contributed by atoms with E-state index in [2.05, 4.69) is 9.82 Å². The number of hydroxylamine groups is 2. The van der Waals surface area contributed by atoms with Crippen LogP contribution in [-0.2, 0) is 19.2 Å². The fourth-order valence-corrected chi connectivity index (χ4v) is 4.95. The summed E-state index contributed by atoms with van der Waals surface area (Å²) in [4.78, 5) is 42.1. The molecule has 1 aliphatic rings. The third kappa shape index (κ3) is 4.92. The summed E-state index contributed by atoms with van der Waals surface area (Å²) in [6, 6.07) is 5.78. The van der Waals surface area contributed by atoms with E-state index in [1.165, 1.54) is 11.8 Å². The molecule has 6 nitrogen and oxygen atoms in total. The topological polar surface area (TPSA) is 76.6 Å². The van der Waals surface area contributed by atoms with Crippen LogP contribution in [0.5, 0.6) is 0 Å². The number of nitrogens with zero attached hydrogens (tertiary/aromatic N) is 2. The summed E-state index contributed by atoms with van der Waals surface area (Å²) in [7, 11) is 3.33. The number of carbonyl (C=O) groups is 3. The van der Waals surface area contributed by atoms with Gasteiger partial charge in [0.05, 0.1) is 11.7 Å². The molecule has 2 amide bonds. The lowest BCUT2D eigenvalue weighted by molar-refractivity contribution is -0.187. The summed E-state index contributed by atoms with van der Waals surface area (Å²) in [5, 5.41) is 1.08. The van der Waals surface area contributed by atoms with Gasteiger partial charge in [-0.1, -0.05) is 16.9 Å². The number of hydrogen-bond acceptors (Lipinski definition) is 8. The van der Waals surface area contributed by atoms with Crippen LogP contribution in [0.1, 0.15) is 12.8 Å². The lowest BCUT2D eigenvalue weighted by atomic mass is 10.4. The predicted molar refractivity (Wildman–Crippen MR) is 87.0 cm³/mol. The molecule has 9 heteroatoms. The molecule has 2 rings (SSSR count). The molecule has 118 valence electrons. The molecule has 1 atom stereocenters. The Kier molecular flexibility index (Phi) is 7.07. The Hall–Kier alpha value is -1.19. The first-order valence-electron chi connectivity index (χ1n) is 6.51. The maximum absolute atomic E-state index is 11.8. The van der Waals surface area contributed by atoms with Gasteiger partial charge in [-0.2, -0.15) is 0 Å². The van der Waals surface area contributed by atoms with Gasteiger partial charge in [-0.15, -0.1) is 16.8 Å². The van der Waals surface area contributed by atoms with Crippen molar-refractivity contribution in [3.05, 3.63) is 24.4 Å². The molecule has 22 heavy (non-hydrogen) atoms. The summed E-state index contributed by atoms with van der Waals surface area (Å²) < 4.78 is 0. The summed E-state index contributed by atoms with van der Waals surface area (Å²) in [6.45, 7) is 0.0916. The maximum Gasteiger partial charge on any atom is 0.321 e. The highest BCUT2D eigenvalue weighted by Gasteiger charge is 2.40. The number of pyridine rings is 1. The summed E-state index contributed by atoms with van der Waals surface area (Å²) in [5.41, 5.74) is 0. The molecule has 1 aromatic rings. The van der Waals surface area contributed by atoms with Crippen LogP contribution in [0.3, 0.4) is 0 Å². The third-order valence-electron chi connectivity index (χ3n) is 2.68.